The Balaban J connectivity index is 2.06. The maximum atomic E-state index is 12.1. The number of phenols is 1. The molecule has 0 aliphatic heterocycles. The Kier molecular flexibility index (Phi) is 4.71. The molecule has 1 atom stereocenters. The molecule has 126 valence electrons. The van der Waals surface area contributed by atoms with E-state index in [-0.39, 0.29) is 24.1 Å². The van der Waals surface area contributed by atoms with Gasteiger partial charge in [0.1, 0.15) is 11.5 Å². The summed E-state index contributed by atoms with van der Waals surface area (Å²) < 4.78 is 10.9. The van der Waals surface area contributed by atoms with Crippen molar-refractivity contribution in [3.8, 4) is 11.8 Å². The van der Waals surface area contributed by atoms with Gasteiger partial charge in [-0.05, 0) is 42.8 Å². The van der Waals surface area contributed by atoms with Crippen LogP contribution in [0.25, 0.3) is 10.8 Å². The summed E-state index contributed by atoms with van der Waals surface area (Å²) in [5.74, 6) is 0.128. The molecule has 0 fully saturated rings. The highest BCUT2D eigenvalue weighted by molar-refractivity contribution is 5.86. The minimum absolute atomic E-state index is 0.126. The number of nitriles is 1. The first-order valence-electron chi connectivity index (χ1n) is 7.98. The molecule has 0 spiro atoms. The highest BCUT2D eigenvalue weighted by Gasteiger charge is 2.24. The van der Waals surface area contributed by atoms with Gasteiger partial charge in [-0.15, -0.1) is 0 Å². The SMILES string of the molecule is CCOC(=O)CC(c1ccc(O)cc1)c1occ2cc(C#N)ccc12. The van der Waals surface area contributed by atoms with Gasteiger partial charge in [-0.3, -0.25) is 4.79 Å². The minimum Gasteiger partial charge on any atom is -0.508 e. The molecule has 3 rings (SSSR count). The summed E-state index contributed by atoms with van der Waals surface area (Å²) in [5.41, 5.74) is 1.39. The van der Waals surface area contributed by atoms with E-state index < -0.39 is 0 Å². The van der Waals surface area contributed by atoms with Crippen molar-refractivity contribution in [2.24, 2.45) is 0 Å². The van der Waals surface area contributed by atoms with Crippen LogP contribution in [0, 0.1) is 11.3 Å². The smallest absolute Gasteiger partial charge is 0.306 e. The van der Waals surface area contributed by atoms with Crippen LogP contribution in [0.15, 0.2) is 53.1 Å². The summed E-state index contributed by atoms with van der Waals surface area (Å²) in [7, 11) is 0. The summed E-state index contributed by atoms with van der Waals surface area (Å²) >= 11 is 0. The average molecular weight is 335 g/mol. The van der Waals surface area contributed by atoms with Crippen LogP contribution in [-0.2, 0) is 9.53 Å². The third-order valence-electron chi connectivity index (χ3n) is 4.05. The number of aromatic hydroxyl groups is 1. The Labute approximate surface area is 145 Å². The lowest BCUT2D eigenvalue weighted by atomic mass is 9.91. The van der Waals surface area contributed by atoms with Gasteiger partial charge in [0.05, 0.1) is 36.8 Å². The van der Waals surface area contributed by atoms with Gasteiger partial charge in [-0.25, -0.2) is 0 Å². The molecule has 1 aromatic heterocycles. The number of carbonyl (C=O) groups excluding carboxylic acids is 1. The molecule has 0 amide bonds. The second-order valence-corrected chi connectivity index (χ2v) is 5.67. The first-order chi connectivity index (χ1) is 12.1. The molecule has 1 N–H and O–H groups in total. The van der Waals surface area contributed by atoms with Gasteiger partial charge >= 0.3 is 5.97 Å². The number of phenolic OH excluding ortho intramolecular Hbond substituents is 1. The second-order valence-electron chi connectivity index (χ2n) is 5.67. The predicted molar refractivity (Wildman–Crippen MR) is 92.1 cm³/mol. The quantitative estimate of drug-likeness (QED) is 0.710. The van der Waals surface area contributed by atoms with E-state index in [2.05, 4.69) is 6.07 Å². The lowest BCUT2D eigenvalue weighted by Gasteiger charge is -2.15. The Morgan fingerprint density at radius 2 is 2.04 bits per heavy atom. The van der Waals surface area contributed by atoms with Crippen LogP contribution in [0.1, 0.15) is 36.1 Å². The Hall–Kier alpha value is -3.26. The fourth-order valence-corrected chi connectivity index (χ4v) is 2.87. The zero-order valence-corrected chi connectivity index (χ0v) is 13.7. The molecule has 5 heteroatoms. The third kappa shape index (κ3) is 3.48. The van der Waals surface area contributed by atoms with E-state index in [9.17, 15) is 9.90 Å². The largest absolute Gasteiger partial charge is 0.508 e. The van der Waals surface area contributed by atoms with E-state index in [4.69, 9.17) is 14.4 Å². The molecule has 1 unspecified atom stereocenters. The monoisotopic (exact) mass is 335 g/mol. The topological polar surface area (TPSA) is 83.5 Å². The molecule has 0 radical (unpaired) electrons. The molecule has 0 bridgehead atoms. The van der Waals surface area contributed by atoms with Crippen molar-refractivity contribution in [3.05, 3.63) is 65.6 Å². The number of hydrogen-bond acceptors (Lipinski definition) is 5. The fourth-order valence-electron chi connectivity index (χ4n) is 2.87. The van der Waals surface area contributed by atoms with Gasteiger partial charge in [0.2, 0.25) is 0 Å². The number of rotatable bonds is 5. The Bertz CT molecular complexity index is 934. The van der Waals surface area contributed by atoms with E-state index in [0.29, 0.717) is 17.9 Å². The van der Waals surface area contributed by atoms with Crippen LogP contribution in [0.2, 0.25) is 0 Å². The Morgan fingerprint density at radius 3 is 2.72 bits per heavy atom. The van der Waals surface area contributed by atoms with E-state index in [1.165, 1.54) is 0 Å². The standard InChI is InChI=1S/C20H17NO4/c1-2-24-19(23)10-18(14-4-6-16(22)7-5-14)20-17-8-3-13(11-21)9-15(17)12-25-20/h3-9,12,18,22H,2,10H2,1H3. The highest BCUT2D eigenvalue weighted by Crippen LogP contribution is 2.35. The summed E-state index contributed by atoms with van der Waals surface area (Å²) in [5, 5.41) is 20.2. The zero-order chi connectivity index (χ0) is 17.8. The maximum Gasteiger partial charge on any atom is 0.306 e. The molecule has 0 saturated heterocycles. The van der Waals surface area contributed by atoms with Crippen LogP contribution in [-0.4, -0.2) is 17.7 Å². The molecule has 0 aliphatic rings. The van der Waals surface area contributed by atoms with Crippen molar-refractivity contribution in [2.75, 3.05) is 6.61 Å². The van der Waals surface area contributed by atoms with Gasteiger partial charge in [-0.2, -0.15) is 5.26 Å². The van der Waals surface area contributed by atoms with E-state index in [0.717, 1.165) is 16.3 Å². The number of hydrogen-bond donors (Lipinski definition) is 1. The molecule has 3 aromatic rings. The first kappa shape index (κ1) is 16.6. The summed E-state index contributed by atoms with van der Waals surface area (Å²) in [6, 6.07) is 14.1. The highest BCUT2D eigenvalue weighted by atomic mass is 16.5. The number of fused-ring (bicyclic) bond motifs is 1. The molecule has 5 nitrogen and oxygen atoms in total. The van der Waals surface area contributed by atoms with Crippen LogP contribution in [0.5, 0.6) is 5.75 Å². The van der Waals surface area contributed by atoms with Gasteiger partial charge in [-0.1, -0.05) is 12.1 Å². The van der Waals surface area contributed by atoms with Crippen LogP contribution < -0.4 is 0 Å². The molecule has 0 aliphatic carbocycles. The van der Waals surface area contributed by atoms with E-state index in [1.54, 1.807) is 49.6 Å². The van der Waals surface area contributed by atoms with Gasteiger partial charge in [0, 0.05) is 10.8 Å². The van der Waals surface area contributed by atoms with Crippen molar-refractivity contribution in [3.63, 3.8) is 0 Å². The third-order valence-corrected chi connectivity index (χ3v) is 4.05. The molecular formula is C20H17NO4. The summed E-state index contributed by atoms with van der Waals surface area (Å²) in [4.78, 5) is 12.1. The fraction of sp³-hybridized carbons (Fsp3) is 0.200. The predicted octanol–water partition coefficient (Wildman–Crippen LogP) is 4.10. The van der Waals surface area contributed by atoms with Crippen molar-refractivity contribution >= 4 is 16.7 Å². The number of carbonyl (C=O) groups is 1. The zero-order valence-electron chi connectivity index (χ0n) is 13.7. The molecule has 2 aromatic carbocycles. The van der Waals surface area contributed by atoms with Crippen molar-refractivity contribution < 1.29 is 19.1 Å². The second kappa shape index (κ2) is 7.10. The van der Waals surface area contributed by atoms with Gasteiger partial charge in [0.25, 0.3) is 0 Å². The maximum absolute atomic E-state index is 12.1. The van der Waals surface area contributed by atoms with Crippen molar-refractivity contribution in [1.82, 2.24) is 0 Å². The summed E-state index contributed by atoms with van der Waals surface area (Å²) in [6.45, 7) is 2.07. The molecular weight excluding hydrogens is 318 g/mol. The lowest BCUT2D eigenvalue weighted by molar-refractivity contribution is -0.143. The van der Waals surface area contributed by atoms with Crippen LogP contribution >= 0.6 is 0 Å². The van der Waals surface area contributed by atoms with Gasteiger partial charge < -0.3 is 14.3 Å². The number of nitrogens with zero attached hydrogens (tertiary/aromatic N) is 1. The molecule has 0 saturated carbocycles. The Morgan fingerprint density at radius 1 is 1.28 bits per heavy atom. The van der Waals surface area contributed by atoms with E-state index >= 15 is 0 Å². The number of esters is 1. The minimum atomic E-state index is -0.343. The molecule has 25 heavy (non-hydrogen) atoms. The van der Waals surface area contributed by atoms with Crippen LogP contribution in [0.4, 0.5) is 0 Å². The van der Waals surface area contributed by atoms with E-state index in [1.807, 2.05) is 6.07 Å². The first-order valence-corrected chi connectivity index (χ1v) is 7.98. The van der Waals surface area contributed by atoms with Crippen molar-refractivity contribution in [2.45, 2.75) is 19.3 Å². The average Bonchev–Trinajstić information content (AvgIpc) is 3.03. The normalized spacial score (nSPS) is 11.8. The lowest BCUT2D eigenvalue weighted by Crippen LogP contribution is -2.11. The van der Waals surface area contributed by atoms with Gasteiger partial charge in [0.15, 0.2) is 0 Å². The molecule has 1 heterocycles. The number of ether oxygens (including phenoxy) is 1. The summed E-state index contributed by atoms with van der Waals surface area (Å²) in [6.07, 6.45) is 1.71. The van der Waals surface area contributed by atoms with Crippen molar-refractivity contribution in [1.29, 1.82) is 5.26 Å². The van der Waals surface area contributed by atoms with Crippen LogP contribution in [0.3, 0.4) is 0 Å². The number of furan rings is 1. The number of benzene rings is 2.